The van der Waals surface area contributed by atoms with Gasteiger partial charge in [-0.3, -0.25) is 0 Å². The van der Waals surface area contributed by atoms with Crippen molar-refractivity contribution in [2.24, 2.45) is 5.92 Å². The van der Waals surface area contributed by atoms with Crippen molar-refractivity contribution in [1.29, 1.82) is 5.26 Å². The molecule has 1 aromatic carbocycles. The lowest BCUT2D eigenvalue weighted by atomic mass is 9.92. The first-order valence-electron chi connectivity index (χ1n) is 7.39. The predicted octanol–water partition coefficient (Wildman–Crippen LogP) is 3.47. The number of nitrogens with one attached hydrogen (secondary N) is 2. The number of nitriles is 1. The second-order valence-corrected chi connectivity index (χ2v) is 6.57. The van der Waals surface area contributed by atoms with E-state index in [0.29, 0.717) is 12.0 Å². The van der Waals surface area contributed by atoms with Crippen molar-refractivity contribution in [2.75, 3.05) is 24.2 Å². The largest absolute Gasteiger partial charge is 0.381 e. The molecule has 20 heavy (non-hydrogen) atoms. The monoisotopic (exact) mass is 289 g/mol. The van der Waals surface area contributed by atoms with Crippen LogP contribution in [0.5, 0.6) is 0 Å². The van der Waals surface area contributed by atoms with Gasteiger partial charge in [-0.25, -0.2) is 0 Å². The van der Waals surface area contributed by atoms with Gasteiger partial charge in [0.05, 0.1) is 11.3 Å². The Bertz CT molecular complexity index is 475. The van der Waals surface area contributed by atoms with Gasteiger partial charge in [0.25, 0.3) is 0 Å². The summed E-state index contributed by atoms with van der Waals surface area (Å²) in [6.45, 7) is 6.54. The number of nitrogens with zero attached hydrogens (tertiary/aromatic N) is 1. The van der Waals surface area contributed by atoms with Crippen molar-refractivity contribution >= 4 is 17.4 Å². The van der Waals surface area contributed by atoms with E-state index in [0.717, 1.165) is 35.0 Å². The van der Waals surface area contributed by atoms with Crippen molar-refractivity contribution in [3.05, 3.63) is 23.8 Å². The van der Waals surface area contributed by atoms with Gasteiger partial charge in [0, 0.05) is 10.9 Å². The molecule has 3 nitrogen and oxygen atoms in total. The Labute approximate surface area is 126 Å². The molecule has 0 amide bonds. The normalized spacial score (nSPS) is 20.1. The summed E-state index contributed by atoms with van der Waals surface area (Å²) in [7, 11) is 0. The molecule has 2 unspecified atom stereocenters. The van der Waals surface area contributed by atoms with Crippen LogP contribution in [0.2, 0.25) is 0 Å². The van der Waals surface area contributed by atoms with Crippen molar-refractivity contribution in [2.45, 2.75) is 37.6 Å². The minimum atomic E-state index is 0.386. The Morgan fingerprint density at radius 3 is 3.05 bits per heavy atom. The van der Waals surface area contributed by atoms with E-state index >= 15 is 0 Å². The number of piperidine rings is 1. The molecule has 0 saturated carbocycles. The summed E-state index contributed by atoms with van der Waals surface area (Å²) in [5.74, 6) is 1.62. The second kappa shape index (κ2) is 7.56. The topological polar surface area (TPSA) is 47.8 Å². The highest BCUT2D eigenvalue weighted by atomic mass is 32.2. The van der Waals surface area contributed by atoms with Gasteiger partial charge in [-0.2, -0.15) is 5.26 Å². The summed E-state index contributed by atoms with van der Waals surface area (Å²) in [4.78, 5) is 1.08. The lowest BCUT2D eigenvalue weighted by Gasteiger charge is -2.30. The highest BCUT2D eigenvalue weighted by Gasteiger charge is 2.20. The SMILES string of the molecule is CCSc1cccc(NC(C)C2CCCNC2)c1C#N. The smallest absolute Gasteiger partial charge is 0.102 e. The molecular weight excluding hydrogens is 266 g/mol. The Kier molecular flexibility index (Phi) is 5.75. The molecule has 2 N–H and O–H groups in total. The molecule has 1 fully saturated rings. The fraction of sp³-hybridized carbons (Fsp3) is 0.562. The predicted molar refractivity (Wildman–Crippen MR) is 86.2 cm³/mol. The first kappa shape index (κ1) is 15.2. The average molecular weight is 289 g/mol. The fourth-order valence-corrected chi connectivity index (χ4v) is 3.50. The van der Waals surface area contributed by atoms with Gasteiger partial charge in [0.2, 0.25) is 0 Å². The molecule has 0 radical (unpaired) electrons. The molecule has 4 heteroatoms. The number of rotatable bonds is 5. The molecule has 0 spiro atoms. The first-order chi connectivity index (χ1) is 9.76. The Hall–Kier alpha value is -1.18. The molecule has 0 aliphatic carbocycles. The van der Waals surface area contributed by atoms with Gasteiger partial charge < -0.3 is 10.6 Å². The molecule has 108 valence electrons. The fourth-order valence-electron chi connectivity index (χ4n) is 2.71. The maximum absolute atomic E-state index is 9.43. The van der Waals surface area contributed by atoms with Crippen molar-refractivity contribution < 1.29 is 0 Å². The van der Waals surface area contributed by atoms with E-state index in [1.807, 2.05) is 18.2 Å². The summed E-state index contributed by atoms with van der Waals surface area (Å²) in [6.07, 6.45) is 2.50. The van der Waals surface area contributed by atoms with E-state index in [-0.39, 0.29) is 0 Å². The summed E-state index contributed by atoms with van der Waals surface area (Å²) < 4.78 is 0. The van der Waals surface area contributed by atoms with E-state index in [2.05, 4.69) is 30.6 Å². The van der Waals surface area contributed by atoms with Gasteiger partial charge in [-0.15, -0.1) is 11.8 Å². The standard InChI is InChI=1S/C16H23N3S/c1-3-20-16-8-4-7-15(14(16)10-17)19-12(2)13-6-5-9-18-11-13/h4,7-8,12-13,18-19H,3,5-6,9,11H2,1-2H3. The van der Waals surface area contributed by atoms with Gasteiger partial charge in [-0.1, -0.05) is 13.0 Å². The molecule has 2 atom stereocenters. The van der Waals surface area contributed by atoms with Crippen molar-refractivity contribution in [3.8, 4) is 6.07 Å². The summed E-state index contributed by atoms with van der Waals surface area (Å²) in [5, 5.41) is 16.4. The van der Waals surface area contributed by atoms with Crippen LogP contribution < -0.4 is 10.6 Å². The molecule has 2 rings (SSSR count). The van der Waals surface area contributed by atoms with Crippen molar-refractivity contribution in [3.63, 3.8) is 0 Å². The maximum Gasteiger partial charge on any atom is 0.102 e. The van der Waals surface area contributed by atoms with E-state index < -0.39 is 0 Å². The van der Waals surface area contributed by atoms with Crippen LogP contribution in [0.25, 0.3) is 0 Å². The zero-order valence-electron chi connectivity index (χ0n) is 12.3. The van der Waals surface area contributed by atoms with Crippen molar-refractivity contribution in [1.82, 2.24) is 5.32 Å². The zero-order valence-corrected chi connectivity index (χ0v) is 13.1. The molecule has 0 aromatic heterocycles. The summed E-state index contributed by atoms with van der Waals surface area (Å²) in [6, 6.07) is 8.83. The van der Waals surface area contributed by atoms with Gasteiger partial charge in [-0.05, 0) is 56.7 Å². The molecule has 1 aliphatic heterocycles. The Morgan fingerprint density at radius 2 is 2.40 bits per heavy atom. The zero-order chi connectivity index (χ0) is 14.4. The lowest BCUT2D eigenvalue weighted by Crippen LogP contribution is -2.38. The minimum absolute atomic E-state index is 0.386. The molecular formula is C16H23N3S. The molecule has 1 heterocycles. The Balaban J connectivity index is 2.12. The number of thioether (sulfide) groups is 1. The lowest BCUT2D eigenvalue weighted by molar-refractivity contribution is 0.347. The second-order valence-electron chi connectivity index (χ2n) is 5.26. The average Bonchev–Trinajstić information content (AvgIpc) is 2.49. The van der Waals surface area contributed by atoms with E-state index in [1.165, 1.54) is 12.8 Å². The van der Waals surface area contributed by atoms with Crippen LogP contribution in [-0.4, -0.2) is 24.9 Å². The third-order valence-corrected chi connectivity index (χ3v) is 4.80. The van der Waals surface area contributed by atoms with Crippen LogP contribution in [0.4, 0.5) is 5.69 Å². The van der Waals surface area contributed by atoms with Crippen LogP contribution >= 0.6 is 11.8 Å². The van der Waals surface area contributed by atoms with E-state index in [9.17, 15) is 5.26 Å². The molecule has 0 bridgehead atoms. The minimum Gasteiger partial charge on any atom is -0.381 e. The third-order valence-electron chi connectivity index (χ3n) is 3.86. The number of hydrogen-bond acceptors (Lipinski definition) is 4. The van der Waals surface area contributed by atoms with Gasteiger partial charge >= 0.3 is 0 Å². The highest BCUT2D eigenvalue weighted by Crippen LogP contribution is 2.29. The van der Waals surface area contributed by atoms with Crippen LogP contribution in [0.1, 0.15) is 32.3 Å². The molecule has 1 aliphatic rings. The summed E-state index contributed by atoms with van der Waals surface area (Å²) >= 11 is 1.73. The van der Waals surface area contributed by atoms with Crippen LogP contribution in [0, 0.1) is 17.2 Å². The van der Waals surface area contributed by atoms with E-state index in [4.69, 9.17) is 0 Å². The molecule has 1 saturated heterocycles. The van der Waals surface area contributed by atoms with Crippen LogP contribution in [-0.2, 0) is 0 Å². The first-order valence-corrected chi connectivity index (χ1v) is 8.38. The van der Waals surface area contributed by atoms with Gasteiger partial charge in [0.15, 0.2) is 0 Å². The summed E-state index contributed by atoms with van der Waals surface area (Å²) in [5.41, 5.74) is 1.76. The molecule has 1 aromatic rings. The number of hydrogen-bond donors (Lipinski definition) is 2. The van der Waals surface area contributed by atoms with E-state index in [1.54, 1.807) is 11.8 Å². The Morgan fingerprint density at radius 1 is 1.55 bits per heavy atom. The maximum atomic E-state index is 9.43. The van der Waals surface area contributed by atoms with Gasteiger partial charge in [0.1, 0.15) is 6.07 Å². The van der Waals surface area contributed by atoms with Crippen LogP contribution in [0.3, 0.4) is 0 Å². The number of anilines is 1. The van der Waals surface area contributed by atoms with Crippen LogP contribution in [0.15, 0.2) is 23.1 Å². The highest BCUT2D eigenvalue weighted by molar-refractivity contribution is 7.99. The third kappa shape index (κ3) is 3.68. The quantitative estimate of drug-likeness (QED) is 0.815. The number of benzene rings is 1.